The van der Waals surface area contributed by atoms with E-state index in [1.807, 2.05) is 6.92 Å². The zero-order valence-corrected chi connectivity index (χ0v) is 9.98. The van der Waals surface area contributed by atoms with E-state index in [-0.39, 0.29) is 17.8 Å². The molecule has 0 spiro atoms. The molecule has 18 heavy (non-hydrogen) atoms. The quantitative estimate of drug-likeness (QED) is 0.430. The lowest BCUT2D eigenvalue weighted by Crippen LogP contribution is -2.09. The first-order chi connectivity index (χ1) is 8.36. The average Bonchev–Trinajstić information content (AvgIpc) is 2.27. The predicted molar refractivity (Wildman–Crippen MR) is 59.9 cm³/mol. The molecule has 0 aliphatic heterocycles. The molecule has 0 amide bonds. The maximum absolute atomic E-state index is 13.2. The summed E-state index contributed by atoms with van der Waals surface area (Å²) in [7, 11) is 0. The number of hydrogen-bond acceptors (Lipinski definition) is 1. The Kier molecular flexibility index (Phi) is 4.87. The predicted octanol–water partition coefficient (Wildman–Crippen LogP) is 4.61. The Morgan fingerprint density at radius 3 is 2.39 bits per heavy atom. The lowest BCUT2D eigenvalue weighted by molar-refractivity contribution is -0.140. The van der Waals surface area contributed by atoms with Crippen molar-refractivity contribution in [3.63, 3.8) is 0 Å². The maximum Gasteiger partial charge on any atom is 0.419 e. The van der Waals surface area contributed by atoms with Crippen molar-refractivity contribution >= 4 is 5.78 Å². The van der Waals surface area contributed by atoms with Crippen molar-refractivity contribution in [3.8, 4) is 0 Å². The molecule has 0 atom stereocenters. The summed E-state index contributed by atoms with van der Waals surface area (Å²) < 4.78 is 50.1. The largest absolute Gasteiger partial charge is 0.419 e. The minimum Gasteiger partial charge on any atom is -0.294 e. The van der Waals surface area contributed by atoms with Gasteiger partial charge in [-0.2, -0.15) is 13.2 Å². The molecule has 0 heterocycles. The summed E-state index contributed by atoms with van der Waals surface area (Å²) in [5.74, 6) is -1.72. The van der Waals surface area contributed by atoms with E-state index in [1.54, 1.807) is 0 Å². The molecule has 0 bridgehead atoms. The molecular formula is C13H14F4O. The molecule has 0 aliphatic rings. The van der Waals surface area contributed by atoms with Crippen LogP contribution in [0.3, 0.4) is 0 Å². The van der Waals surface area contributed by atoms with Crippen LogP contribution in [0.1, 0.15) is 48.5 Å². The van der Waals surface area contributed by atoms with Crippen molar-refractivity contribution in [3.05, 3.63) is 35.1 Å². The molecule has 0 fully saturated rings. The van der Waals surface area contributed by atoms with Gasteiger partial charge in [-0.25, -0.2) is 4.39 Å². The second-order valence-corrected chi connectivity index (χ2v) is 4.07. The summed E-state index contributed by atoms with van der Waals surface area (Å²) in [6.07, 6.45) is -2.02. The number of ketones is 1. The van der Waals surface area contributed by atoms with Gasteiger partial charge in [0.15, 0.2) is 5.78 Å². The van der Waals surface area contributed by atoms with Crippen LogP contribution in [0.2, 0.25) is 0 Å². The summed E-state index contributed by atoms with van der Waals surface area (Å²) in [5.41, 5.74) is -1.34. The highest BCUT2D eigenvalue weighted by Crippen LogP contribution is 2.31. The average molecular weight is 262 g/mol. The molecular weight excluding hydrogens is 248 g/mol. The van der Waals surface area contributed by atoms with Crippen molar-refractivity contribution < 1.29 is 22.4 Å². The fraction of sp³-hybridized carbons (Fsp3) is 0.462. The highest BCUT2D eigenvalue weighted by molar-refractivity contribution is 5.96. The third-order valence-corrected chi connectivity index (χ3v) is 2.60. The van der Waals surface area contributed by atoms with Crippen molar-refractivity contribution in [2.24, 2.45) is 0 Å². The van der Waals surface area contributed by atoms with Crippen LogP contribution in [-0.4, -0.2) is 5.78 Å². The number of Topliss-reactive ketones (excluding diaryl/α,β-unsaturated/α-hetero) is 1. The summed E-state index contributed by atoms with van der Waals surface area (Å²) >= 11 is 0. The van der Waals surface area contributed by atoms with Crippen molar-refractivity contribution in [1.82, 2.24) is 0 Å². The lowest BCUT2D eigenvalue weighted by Gasteiger charge is -2.09. The topological polar surface area (TPSA) is 17.1 Å². The Balaban J connectivity index is 2.81. The molecule has 0 saturated heterocycles. The van der Waals surface area contributed by atoms with Crippen LogP contribution in [-0.2, 0) is 6.18 Å². The van der Waals surface area contributed by atoms with Crippen LogP contribution in [0.25, 0.3) is 0 Å². The third-order valence-electron chi connectivity index (χ3n) is 2.60. The minimum absolute atomic E-state index is 0.00315. The highest BCUT2D eigenvalue weighted by atomic mass is 19.4. The zero-order chi connectivity index (χ0) is 13.8. The smallest absolute Gasteiger partial charge is 0.294 e. The molecule has 0 aliphatic carbocycles. The molecule has 0 saturated carbocycles. The summed E-state index contributed by atoms with van der Waals surface area (Å²) in [6.45, 7) is 1.97. The van der Waals surface area contributed by atoms with Crippen LogP contribution in [0, 0.1) is 5.82 Å². The number of hydrogen-bond donors (Lipinski definition) is 0. The van der Waals surface area contributed by atoms with Gasteiger partial charge in [-0.1, -0.05) is 25.8 Å². The molecule has 100 valence electrons. The molecule has 0 unspecified atom stereocenters. The fourth-order valence-electron chi connectivity index (χ4n) is 1.60. The number of alkyl halides is 3. The summed E-state index contributed by atoms with van der Waals surface area (Å²) in [5, 5.41) is 0. The Labute approximate surface area is 103 Å². The molecule has 1 aromatic rings. The van der Waals surface area contributed by atoms with E-state index < -0.39 is 17.6 Å². The van der Waals surface area contributed by atoms with Gasteiger partial charge in [0, 0.05) is 12.0 Å². The van der Waals surface area contributed by atoms with E-state index in [2.05, 4.69) is 0 Å². The van der Waals surface area contributed by atoms with Crippen LogP contribution in [0.15, 0.2) is 18.2 Å². The second-order valence-electron chi connectivity index (χ2n) is 4.07. The number of benzene rings is 1. The highest BCUT2D eigenvalue weighted by Gasteiger charge is 2.34. The molecule has 0 aromatic heterocycles. The Morgan fingerprint density at radius 1 is 1.22 bits per heavy atom. The van der Waals surface area contributed by atoms with E-state index in [9.17, 15) is 22.4 Å². The normalized spacial score (nSPS) is 11.6. The van der Waals surface area contributed by atoms with E-state index in [0.717, 1.165) is 18.9 Å². The molecule has 0 N–H and O–H groups in total. The van der Waals surface area contributed by atoms with Crippen molar-refractivity contribution in [1.29, 1.82) is 0 Å². The van der Waals surface area contributed by atoms with Crippen LogP contribution in [0.5, 0.6) is 0 Å². The number of unbranched alkanes of at least 4 members (excludes halogenated alkanes) is 2. The number of carbonyl (C=O) groups is 1. The van der Waals surface area contributed by atoms with Gasteiger partial charge in [0.2, 0.25) is 0 Å². The van der Waals surface area contributed by atoms with E-state index in [1.165, 1.54) is 0 Å². The van der Waals surface area contributed by atoms with Gasteiger partial charge in [-0.3, -0.25) is 4.79 Å². The first-order valence-electron chi connectivity index (χ1n) is 5.76. The van der Waals surface area contributed by atoms with Gasteiger partial charge < -0.3 is 0 Å². The van der Waals surface area contributed by atoms with Gasteiger partial charge in [0.1, 0.15) is 5.82 Å². The molecule has 1 aromatic carbocycles. The third kappa shape index (κ3) is 3.82. The number of rotatable bonds is 5. The summed E-state index contributed by atoms with van der Waals surface area (Å²) in [6, 6.07) is 2.31. The monoisotopic (exact) mass is 262 g/mol. The minimum atomic E-state index is -4.73. The second kappa shape index (κ2) is 5.98. The van der Waals surface area contributed by atoms with Crippen molar-refractivity contribution in [2.75, 3.05) is 0 Å². The zero-order valence-electron chi connectivity index (χ0n) is 9.98. The SMILES string of the molecule is CCCCCC(=O)c1ccc(C(F)(F)F)c(F)c1. The van der Waals surface area contributed by atoms with E-state index in [4.69, 9.17) is 0 Å². The Hall–Kier alpha value is -1.39. The summed E-state index contributed by atoms with van der Waals surface area (Å²) in [4.78, 5) is 11.6. The Morgan fingerprint density at radius 2 is 1.89 bits per heavy atom. The van der Waals surface area contributed by atoms with Gasteiger partial charge >= 0.3 is 6.18 Å². The van der Waals surface area contributed by atoms with Gasteiger partial charge in [0.25, 0.3) is 0 Å². The standard InChI is InChI=1S/C13H14F4O/c1-2-3-4-5-12(18)9-6-7-10(11(14)8-9)13(15,16)17/h6-8H,2-5H2,1H3. The fourth-order valence-corrected chi connectivity index (χ4v) is 1.60. The van der Waals surface area contributed by atoms with Gasteiger partial charge in [-0.05, 0) is 18.6 Å². The van der Waals surface area contributed by atoms with Crippen molar-refractivity contribution in [2.45, 2.75) is 38.8 Å². The van der Waals surface area contributed by atoms with Gasteiger partial charge in [0.05, 0.1) is 5.56 Å². The first-order valence-corrected chi connectivity index (χ1v) is 5.76. The van der Waals surface area contributed by atoms with E-state index >= 15 is 0 Å². The van der Waals surface area contributed by atoms with Crippen LogP contribution < -0.4 is 0 Å². The molecule has 0 radical (unpaired) electrons. The molecule has 1 rings (SSSR count). The first kappa shape index (κ1) is 14.7. The van der Waals surface area contributed by atoms with Gasteiger partial charge in [-0.15, -0.1) is 0 Å². The molecule has 5 heteroatoms. The number of halogens is 4. The van der Waals surface area contributed by atoms with Crippen LogP contribution >= 0.6 is 0 Å². The van der Waals surface area contributed by atoms with Crippen LogP contribution in [0.4, 0.5) is 17.6 Å². The Bertz CT molecular complexity index is 423. The van der Waals surface area contributed by atoms with E-state index in [0.29, 0.717) is 18.6 Å². The lowest BCUT2D eigenvalue weighted by atomic mass is 10.0. The molecule has 1 nitrogen and oxygen atoms in total. The number of carbonyl (C=O) groups excluding carboxylic acids is 1. The maximum atomic E-state index is 13.2.